The van der Waals surface area contributed by atoms with Crippen LogP contribution in [0, 0.1) is 11.3 Å². The number of benzene rings is 1. The van der Waals surface area contributed by atoms with Gasteiger partial charge in [0.2, 0.25) is 5.91 Å². The minimum atomic E-state index is -4.47. The van der Waals surface area contributed by atoms with Gasteiger partial charge < -0.3 is 25.2 Å². The lowest BCUT2D eigenvalue weighted by atomic mass is 9.71. The summed E-state index contributed by atoms with van der Waals surface area (Å²) in [6.07, 6.45) is -0.168. The fourth-order valence-corrected chi connectivity index (χ4v) is 7.54. The third-order valence-electron chi connectivity index (χ3n) is 9.35. The van der Waals surface area contributed by atoms with E-state index in [0.717, 1.165) is 56.9 Å². The van der Waals surface area contributed by atoms with Gasteiger partial charge in [-0.25, -0.2) is 4.79 Å². The number of nitrogens with one attached hydrogen (secondary N) is 2. The molecule has 7 nitrogen and oxygen atoms in total. The number of fused-ring (bicyclic) bond motifs is 2. The van der Waals surface area contributed by atoms with Gasteiger partial charge in [-0.3, -0.25) is 4.79 Å². The highest BCUT2D eigenvalue weighted by Gasteiger charge is 2.63. The van der Waals surface area contributed by atoms with E-state index in [-0.39, 0.29) is 36.5 Å². The largest absolute Gasteiger partial charge is 0.416 e. The van der Waals surface area contributed by atoms with E-state index in [0.29, 0.717) is 24.7 Å². The third kappa shape index (κ3) is 3.70. The SMILES string of the molecule is CC1C2[C@@H](N3CCNC3=O)c3ccc(C(F)(F)F)cc3CN2C(=O)[C@]12CC[C@@H](NC1CCOCC1)C2. The molecule has 5 aliphatic rings. The Morgan fingerprint density at radius 3 is 2.58 bits per heavy atom. The number of hydrogen-bond acceptors (Lipinski definition) is 4. The fourth-order valence-electron chi connectivity index (χ4n) is 7.54. The van der Waals surface area contributed by atoms with Crippen molar-refractivity contribution in [3.05, 3.63) is 34.9 Å². The second-order valence-corrected chi connectivity index (χ2v) is 11.1. The lowest BCUT2D eigenvalue weighted by Crippen LogP contribution is -2.50. The Kier molecular flexibility index (Phi) is 5.75. The van der Waals surface area contributed by atoms with Crippen molar-refractivity contribution in [1.29, 1.82) is 0 Å². The lowest BCUT2D eigenvalue weighted by molar-refractivity contribution is -0.138. The highest BCUT2D eigenvalue weighted by Crippen LogP contribution is 2.58. The first kappa shape index (κ1) is 24.0. The molecule has 1 aliphatic carbocycles. The standard InChI is InChI=1S/C26H33F3N4O3/c1-15-21-22(32-9-8-30-24(32)35)20-3-2-17(26(27,28)29)12-16(20)14-33(21)23(34)25(15)7-4-19(13-25)31-18-5-10-36-11-6-18/h2-3,12,15,18-19,21-22,31H,4-11,13-14H2,1H3,(H,30,35)/t15?,19-,21?,22+,25+/m1/s1. The molecule has 3 saturated heterocycles. The van der Waals surface area contributed by atoms with Gasteiger partial charge in [-0.1, -0.05) is 13.0 Å². The second kappa shape index (κ2) is 8.62. The minimum absolute atomic E-state index is 0.0275. The molecule has 5 atom stereocenters. The Morgan fingerprint density at radius 2 is 1.89 bits per heavy atom. The molecule has 36 heavy (non-hydrogen) atoms. The molecule has 2 unspecified atom stereocenters. The fraction of sp³-hybridized carbons (Fsp3) is 0.692. The maximum absolute atomic E-state index is 14.1. The van der Waals surface area contributed by atoms with Crippen LogP contribution in [0.25, 0.3) is 0 Å². The number of nitrogens with zero attached hydrogens (tertiary/aromatic N) is 2. The van der Waals surface area contributed by atoms with E-state index in [4.69, 9.17) is 4.74 Å². The summed E-state index contributed by atoms with van der Waals surface area (Å²) in [6.45, 7) is 4.71. The molecule has 3 amide bonds. The first-order valence-electron chi connectivity index (χ1n) is 13.1. The van der Waals surface area contributed by atoms with Gasteiger partial charge in [0.1, 0.15) is 0 Å². The highest BCUT2D eigenvalue weighted by molar-refractivity contribution is 5.87. The van der Waals surface area contributed by atoms with E-state index >= 15 is 0 Å². The number of carbonyl (C=O) groups is 2. The maximum Gasteiger partial charge on any atom is 0.416 e. The van der Waals surface area contributed by atoms with Crippen molar-refractivity contribution in [2.45, 2.75) is 75.9 Å². The normalized spacial score (nSPS) is 34.9. The summed E-state index contributed by atoms with van der Waals surface area (Å²) in [4.78, 5) is 30.4. The van der Waals surface area contributed by atoms with Crippen LogP contribution in [-0.4, -0.2) is 66.2 Å². The van der Waals surface area contributed by atoms with E-state index in [9.17, 15) is 22.8 Å². The summed E-state index contributed by atoms with van der Waals surface area (Å²) in [6, 6.07) is 3.48. The molecule has 1 aromatic rings. The van der Waals surface area contributed by atoms with Crippen molar-refractivity contribution < 1.29 is 27.5 Å². The Labute approximate surface area is 208 Å². The van der Waals surface area contributed by atoms with Crippen LogP contribution in [-0.2, 0) is 22.3 Å². The lowest BCUT2D eigenvalue weighted by Gasteiger charge is -2.44. The Balaban J connectivity index is 1.34. The third-order valence-corrected chi connectivity index (χ3v) is 9.35. The monoisotopic (exact) mass is 506 g/mol. The average Bonchev–Trinajstić information content (AvgIpc) is 3.52. The van der Waals surface area contributed by atoms with Crippen LogP contribution in [0.4, 0.5) is 18.0 Å². The van der Waals surface area contributed by atoms with Gasteiger partial charge >= 0.3 is 12.2 Å². The summed E-state index contributed by atoms with van der Waals surface area (Å²) >= 11 is 0. The van der Waals surface area contributed by atoms with E-state index in [1.807, 2.05) is 0 Å². The molecule has 6 rings (SSSR count). The minimum Gasteiger partial charge on any atom is -0.381 e. The van der Waals surface area contributed by atoms with Crippen LogP contribution < -0.4 is 10.6 Å². The van der Waals surface area contributed by atoms with Gasteiger partial charge in [-0.05, 0) is 61.3 Å². The number of urea groups is 1. The first-order valence-corrected chi connectivity index (χ1v) is 13.1. The topological polar surface area (TPSA) is 73.9 Å². The summed E-state index contributed by atoms with van der Waals surface area (Å²) in [5, 5.41) is 6.59. The smallest absolute Gasteiger partial charge is 0.381 e. The van der Waals surface area contributed by atoms with Crippen LogP contribution in [0.15, 0.2) is 18.2 Å². The maximum atomic E-state index is 14.1. The van der Waals surface area contributed by atoms with E-state index < -0.39 is 23.2 Å². The molecule has 196 valence electrons. The Bertz CT molecular complexity index is 1060. The highest BCUT2D eigenvalue weighted by atomic mass is 19.4. The second-order valence-electron chi connectivity index (χ2n) is 11.1. The Hall–Kier alpha value is -2.33. The van der Waals surface area contributed by atoms with Crippen LogP contribution in [0.1, 0.15) is 61.8 Å². The van der Waals surface area contributed by atoms with Crippen LogP contribution in [0.5, 0.6) is 0 Å². The van der Waals surface area contributed by atoms with E-state index in [1.54, 1.807) is 9.80 Å². The molecule has 4 aliphatic heterocycles. The Morgan fingerprint density at radius 1 is 1.11 bits per heavy atom. The molecule has 2 N–H and O–H groups in total. The van der Waals surface area contributed by atoms with Crippen molar-refractivity contribution in [1.82, 2.24) is 20.4 Å². The molecule has 4 fully saturated rings. The summed E-state index contributed by atoms with van der Waals surface area (Å²) in [7, 11) is 0. The number of carbonyl (C=O) groups excluding carboxylic acids is 2. The number of halogens is 3. The number of amides is 3. The van der Waals surface area contributed by atoms with Crippen molar-refractivity contribution in [2.24, 2.45) is 11.3 Å². The van der Waals surface area contributed by atoms with Crippen molar-refractivity contribution in [3.8, 4) is 0 Å². The quantitative estimate of drug-likeness (QED) is 0.659. The zero-order valence-electron chi connectivity index (χ0n) is 20.4. The van der Waals surface area contributed by atoms with Gasteiger partial charge in [-0.15, -0.1) is 0 Å². The van der Waals surface area contributed by atoms with Crippen LogP contribution >= 0.6 is 0 Å². The van der Waals surface area contributed by atoms with Gasteiger partial charge in [0.15, 0.2) is 0 Å². The molecular formula is C26H33F3N4O3. The van der Waals surface area contributed by atoms with Crippen molar-refractivity contribution >= 4 is 11.9 Å². The van der Waals surface area contributed by atoms with Crippen LogP contribution in [0.2, 0.25) is 0 Å². The van der Waals surface area contributed by atoms with Gasteiger partial charge in [0, 0.05) is 44.9 Å². The van der Waals surface area contributed by atoms with Gasteiger partial charge in [0.05, 0.1) is 23.1 Å². The predicted octanol–water partition coefficient (Wildman–Crippen LogP) is 3.44. The van der Waals surface area contributed by atoms with Gasteiger partial charge in [-0.2, -0.15) is 13.2 Å². The van der Waals surface area contributed by atoms with Crippen molar-refractivity contribution in [3.63, 3.8) is 0 Å². The molecule has 1 aromatic carbocycles. The first-order chi connectivity index (χ1) is 17.2. The molecule has 4 heterocycles. The average molecular weight is 507 g/mol. The van der Waals surface area contributed by atoms with Crippen LogP contribution in [0.3, 0.4) is 0 Å². The molecule has 0 radical (unpaired) electrons. The summed E-state index contributed by atoms with van der Waals surface area (Å²) < 4.78 is 46.1. The zero-order chi connectivity index (χ0) is 25.2. The van der Waals surface area contributed by atoms with E-state index in [2.05, 4.69) is 17.6 Å². The van der Waals surface area contributed by atoms with E-state index in [1.165, 1.54) is 12.1 Å². The number of ether oxygens (including phenoxy) is 1. The number of alkyl halides is 3. The zero-order valence-corrected chi connectivity index (χ0v) is 20.4. The molecule has 0 bridgehead atoms. The number of rotatable bonds is 3. The predicted molar refractivity (Wildman–Crippen MR) is 125 cm³/mol. The van der Waals surface area contributed by atoms with Crippen molar-refractivity contribution in [2.75, 3.05) is 26.3 Å². The summed E-state index contributed by atoms with van der Waals surface area (Å²) in [5.74, 6) is 0.00396. The molecule has 1 spiro atoms. The molecule has 10 heteroatoms. The number of hydrogen-bond donors (Lipinski definition) is 2. The molecule has 1 saturated carbocycles. The van der Waals surface area contributed by atoms with Gasteiger partial charge in [0.25, 0.3) is 0 Å². The molecule has 0 aromatic heterocycles. The molecular weight excluding hydrogens is 473 g/mol. The summed E-state index contributed by atoms with van der Waals surface area (Å²) in [5.41, 5.74) is -0.0666.